The van der Waals surface area contributed by atoms with E-state index in [1.807, 2.05) is 0 Å². The molecule has 23 heavy (non-hydrogen) atoms. The molecule has 2 aliphatic rings. The van der Waals surface area contributed by atoms with E-state index < -0.39 is 18.3 Å². The van der Waals surface area contributed by atoms with Crippen LogP contribution in [-0.2, 0) is 14.3 Å². The topological polar surface area (TPSA) is 79.3 Å². The van der Waals surface area contributed by atoms with Crippen molar-refractivity contribution in [3.63, 3.8) is 0 Å². The van der Waals surface area contributed by atoms with Crippen LogP contribution in [0.5, 0.6) is 0 Å². The number of carbonyl (C=O) groups is 1. The smallest absolute Gasteiger partial charge is 0.306 e. The predicted molar refractivity (Wildman–Crippen MR) is 84.1 cm³/mol. The largest absolute Gasteiger partial charge is 0.459 e. The molecule has 5 heteroatoms. The molecule has 5 atom stereocenters. The minimum absolute atomic E-state index is 0.0896. The van der Waals surface area contributed by atoms with Crippen molar-refractivity contribution in [3.8, 4) is 23.7 Å². The van der Waals surface area contributed by atoms with Crippen LogP contribution in [0.2, 0.25) is 0 Å². The second-order valence-electron chi connectivity index (χ2n) is 6.07. The molecule has 2 aliphatic heterocycles. The average molecular weight is 320 g/mol. The highest BCUT2D eigenvalue weighted by molar-refractivity contribution is 5.69. The van der Waals surface area contributed by atoms with Gasteiger partial charge in [0.05, 0.1) is 6.10 Å². The summed E-state index contributed by atoms with van der Waals surface area (Å²) in [7, 11) is 0. The van der Waals surface area contributed by atoms with Gasteiger partial charge in [0.2, 0.25) is 0 Å². The van der Waals surface area contributed by atoms with Gasteiger partial charge < -0.3 is 19.7 Å². The van der Waals surface area contributed by atoms with Crippen LogP contribution < -0.4 is 0 Å². The Morgan fingerprint density at radius 3 is 2.43 bits per heavy atom. The predicted octanol–water partition coefficient (Wildman–Crippen LogP) is 1.16. The number of hydrogen-bond donors (Lipinski definition) is 2. The molecule has 0 aromatic heterocycles. The van der Waals surface area contributed by atoms with Gasteiger partial charge in [-0.1, -0.05) is 37.5 Å². The van der Waals surface area contributed by atoms with E-state index in [1.54, 1.807) is 6.92 Å². The lowest BCUT2D eigenvalue weighted by atomic mass is 10.1. The lowest BCUT2D eigenvalue weighted by Gasteiger charge is -2.15. The van der Waals surface area contributed by atoms with Crippen molar-refractivity contribution in [1.82, 2.24) is 0 Å². The molecule has 5 nitrogen and oxygen atoms in total. The summed E-state index contributed by atoms with van der Waals surface area (Å²) in [6, 6.07) is 0. The van der Waals surface area contributed by atoms with E-state index in [4.69, 9.17) is 9.47 Å². The first kappa shape index (κ1) is 17.8. The molecule has 1 unspecified atom stereocenters. The van der Waals surface area contributed by atoms with Crippen molar-refractivity contribution >= 4 is 5.97 Å². The van der Waals surface area contributed by atoms with Gasteiger partial charge in [-0.05, 0) is 31.6 Å². The number of fused-ring (bicyclic) bond motifs is 1. The fourth-order valence-corrected chi connectivity index (χ4v) is 2.56. The zero-order valence-corrected chi connectivity index (χ0v) is 13.5. The highest BCUT2D eigenvalue weighted by Crippen LogP contribution is 2.30. The van der Waals surface area contributed by atoms with Crippen molar-refractivity contribution in [3.05, 3.63) is 0 Å². The molecule has 0 bridgehead atoms. The van der Waals surface area contributed by atoms with E-state index in [-0.39, 0.29) is 18.2 Å². The van der Waals surface area contributed by atoms with Crippen LogP contribution in [0, 0.1) is 23.7 Å². The molecule has 0 spiro atoms. The molecule has 0 aromatic carbocycles. The van der Waals surface area contributed by atoms with Crippen molar-refractivity contribution in [2.24, 2.45) is 0 Å². The Morgan fingerprint density at radius 2 is 1.65 bits per heavy atom. The maximum atomic E-state index is 11.7. The number of rotatable bonds is 0. The fraction of sp³-hybridized carbons (Fsp3) is 0.722. The summed E-state index contributed by atoms with van der Waals surface area (Å²) >= 11 is 0. The maximum Gasteiger partial charge on any atom is 0.306 e. The molecule has 0 radical (unpaired) electrons. The van der Waals surface area contributed by atoms with Crippen LogP contribution in [0.4, 0.5) is 0 Å². The number of carbonyl (C=O) groups excluding carboxylic acids is 1. The number of hydrogen-bond acceptors (Lipinski definition) is 5. The standard InChI is InChI=1S/C18H24O5/c1-13-14(19)9-7-8-10-15(20)18-16(23-18)11-5-3-2-4-6-12-17(21)22-13/h13-16,18-20H,2-6,11-12H2,1H3/t13?,14-,15-,16-,18-/m1/s1. The van der Waals surface area contributed by atoms with Gasteiger partial charge in [0.1, 0.15) is 18.3 Å². The Morgan fingerprint density at radius 1 is 1.00 bits per heavy atom. The monoisotopic (exact) mass is 320 g/mol. The molecular weight excluding hydrogens is 296 g/mol. The second-order valence-corrected chi connectivity index (χ2v) is 6.07. The van der Waals surface area contributed by atoms with Gasteiger partial charge in [0.25, 0.3) is 0 Å². The SMILES string of the molecule is CC1OC(=O)CCCCCCC[C@H]2O[C@@H]2[C@H](O)C#CC#C[C@H]1O. The molecule has 0 amide bonds. The molecule has 2 heterocycles. The lowest BCUT2D eigenvalue weighted by Crippen LogP contribution is -2.27. The van der Waals surface area contributed by atoms with E-state index in [9.17, 15) is 15.0 Å². The van der Waals surface area contributed by atoms with Crippen LogP contribution in [-0.4, -0.2) is 46.7 Å². The number of aliphatic hydroxyl groups excluding tert-OH is 2. The van der Waals surface area contributed by atoms with Crippen LogP contribution in [0.15, 0.2) is 0 Å². The Balaban J connectivity index is 1.94. The number of ether oxygens (including phenoxy) is 2. The van der Waals surface area contributed by atoms with Gasteiger partial charge >= 0.3 is 5.97 Å². The molecular formula is C18H24O5. The molecule has 2 rings (SSSR count). The molecule has 0 saturated carbocycles. The summed E-state index contributed by atoms with van der Waals surface area (Å²) < 4.78 is 10.6. The number of epoxide rings is 1. The number of esters is 1. The normalized spacial score (nSPS) is 36.0. The molecule has 0 aromatic rings. The maximum absolute atomic E-state index is 11.7. The van der Waals surface area contributed by atoms with E-state index >= 15 is 0 Å². The Bertz CT molecular complexity index is 521. The fourth-order valence-electron chi connectivity index (χ4n) is 2.56. The zero-order valence-electron chi connectivity index (χ0n) is 13.5. The summed E-state index contributed by atoms with van der Waals surface area (Å²) in [5, 5.41) is 19.7. The van der Waals surface area contributed by atoms with Gasteiger partial charge in [0.15, 0.2) is 6.10 Å². The van der Waals surface area contributed by atoms with Gasteiger partial charge in [-0.3, -0.25) is 4.79 Å². The van der Waals surface area contributed by atoms with Crippen LogP contribution in [0.25, 0.3) is 0 Å². The third-order valence-corrected chi connectivity index (χ3v) is 4.07. The Hall–Kier alpha value is -1.53. The van der Waals surface area contributed by atoms with Crippen LogP contribution >= 0.6 is 0 Å². The summed E-state index contributed by atoms with van der Waals surface area (Å²) in [6.07, 6.45) is 3.51. The summed E-state index contributed by atoms with van der Waals surface area (Å²) in [4.78, 5) is 11.7. The highest BCUT2D eigenvalue weighted by atomic mass is 16.6. The molecule has 0 aliphatic carbocycles. The highest BCUT2D eigenvalue weighted by Gasteiger charge is 2.43. The van der Waals surface area contributed by atoms with Gasteiger partial charge in [-0.15, -0.1) is 0 Å². The molecule has 2 N–H and O–H groups in total. The van der Waals surface area contributed by atoms with Gasteiger partial charge in [-0.2, -0.15) is 0 Å². The Kier molecular flexibility index (Phi) is 6.92. The van der Waals surface area contributed by atoms with E-state index in [0.29, 0.717) is 6.42 Å². The van der Waals surface area contributed by atoms with E-state index in [0.717, 1.165) is 38.5 Å². The lowest BCUT2D eigenvalue weighted by molar-refractivity contribution is -0.152. The van der Waals surface area contributed by atoms with Crippen LogP contribution in [0.1, 0.15) is 51.9 Å². The summed E-state index contributed by atoms with van der Waals surface area (Å²) in [5.41, 5.74) is 0. The van der Waals surface area contributed by atoms with Gasteiger partial charge in [0, 0.05) is 6.42 Å². The molecule has 1 fully saturated rings. The minimum Gasteiger partial charge on any atom is -0.459 e. The summed E-state index contributed by atoms with van der Waals surface area (Å²) in [6.45, 7) is 1.60. The molecule has 1 saturated heterocycles. The first-order chi connectivity index (χ1) is 11.1. The second kappa shape index (κ2) is 8.93. The third kappa shape index (κ3) is 6.23. The van der Waals surface area contributed by atoms with Crippen molar-refractivity contribution in [2.75, 3.05) is 0 Å². The van der Waals surface area contributed by atoms with E-state index in [1.165, 1.54) is 0 Å². The van der Waals surface area contributed by atoms with E-state index in [2.05, 4.69) is 23.7 Å². The first-order valence-corrected chi connectivity index (χ1v) is 8.30. The first-order valence-electron chi connectivity index (χ1n) is 8.30. The Labute approximate surface area is 137 Å². The quantitative estimate of drug-likeness (QED) is 0.398. The minimum atomic E-state index is -1.09. The number of cyclic esters (lactones) is 1. The van der Waals surface area contributed by atoms with Crippen molar-refractivity contribution < 1.29 is 24.5 Å². The van der Waals surface area contributed by atoms with Crippen molar-refractivity contribution in [1.29, 1.82) is 0 Å². The number of aliphatic hydroxyl groups is 2. The van der Waals surface area contributed by atoms with Crippen molar-refractivity contribution in [2.45, 2.75) is 82.4 Å². The third-order valence-electron chi connectivity index (χ3n) is 4.07. The van der Waals surface area contributed by atoms with Gasteiger partial charge in [-0.25, -0.2) is 0 Å². The van der Waals surface area contributed by atoms with Crippen LogP contribution in [0.3, 0.4) is 0 Å². The molecule has 126 valence electrons. The zero-order chi connectivity index (χ0) is 16.7. The average Bonchev–Trinajstić information content (AvgIpc) is 3.29. The summed E-state index contributed by atoms with van der Waals surface area (Å²) in [5.74, 6) is 9.81.